The van der Waals surface area contributed by atoms with Crippen molar-refractivity contribution in [3.63, 3.8) is 0 Å². The SMILES string of the molecule is CC1(C)c2ccccc2-n2c1nc1cc(-c3nc(-c4ccccc4)nc(-c4ccccc4)n3)ccc12. The molecule has 0 aliphatic carbocycles. The largest absolute Gasteiger partial charge is 0.295 e. The summed E-state index contributed by atoms with van der Waals surface area (Å²) in [5.74, 6) is 3.00. The monoisotopic (exact) mass is 465 g/mol. The highest BCUT2D eigenvalue weighted by Gasteiger charge is 2.38. The zero-order valence-electron chi connectivity index (χ0n) is 20.1. The number of rotatable bonds is 3. The molecule has 172 valence electrons. The van der Waals surface area contributed by atoms with Gasteiger partial charge in [-0.25, -0.2) is 19.9 Å². The second-order valence-corrected chi connectivity index (χ2v) is 9.65. The van der Waals surface area contributed by atoms with Gasteiger partial charge in [0, 0.05) is 16.7 Å². The van der Waals surface area contributed by atoms with E-state index in [0.717, 1.165) is 33.5 Å². The molecule has 0 N–H and O–H groups in total. The van der Waals surface area contributed by atoms with Gasteiger partial charge < -0.3 is 0 Å². The second-order valence-electron chi connectivity index (χ2n) is 9.65. The van der Waals surface area contributed by atoms with Crippen molar-refractivity contribution in [2.24, 2.45) is 0 Å². The summed E-state index contributed by atoms with van der Waals surface area (Å²) in [6.45, 7) is 4.48. The molecule has 3 heterocycles. The summed E-state index contributed by atoms with van der Waals surface area (Å²) < 4.78 is 2.28. The fourth-order valence-electron chi connectivity index (χ4n) is 5.14. The molecule has 0 amide bonds. The number of nitrogens with zero attached hydrogens (tertiary/aromatic N) is 5. The Hall–Kier alpha value is -4.64. The van der Waals surface area contributed by atoms with Crippen molar-refractivity contribution in [3.8, 4) is 39.9 Å². The number of para-hydroxylation sites is 1. The molecule has 1 aliphatic heterocycles. The van der Waals surface area contributed by atoms with Gasteiger partial charge in [-0.15, -0.1) is 0 Å². The molecule has 0 atom stereocenters. The molecule has 0 radical (unpaired) electrons. The zero-order valence-corrected chi connectivity index (χ0v) is 20.1. The summed E-state index contributed by atoms with van der Waals surface area (Å²) in [4.78, 5) is 19.7. The third-order valence-corrected chi connectivity index (χ3v) is 6.99. The summed E-state index contributed by atoms with van der Waals surface area (Å²) in [7, 11) is 0. The van der Waals surface area contributed by atoms with Crippen LogP contribution < -0.4 is 0 Å². The van der Waals surface area contributed by atoms with Gasteiger partial charge in [0.25, 0.3) is 0 Å². The molecule has 1 aliphatic rings. The molecule has 2 aromatic heterocycles. The fraction of sp³-hybridized carbons (Fsp3) is 0.0968. The Bertz CT molecular complexity index is 1690. The summed E-state index contributed by atoms with van der Waals surface area (Å²) in [5, 5.41) is 0. The van der Waals surface area contributed by atoms with Crippen LogP contribution in [0.3, 0.4) is 0 Å². The van der Waals surface area contributed by atoms with Gasteiger partial charge in [0.15, 0.2) is 17.5 Å². The van der Waals surface area contributed by atoms with Crippen LogP contribution in [0.4, 0.5) is 0 Å². The van der Waals surface area contributed by atoms with Gasteiger partial charge in [-0.3, -0.25) is 4.57 Å². The molecule has 0 saturated carbocycles. The van der Waals surface area contributed by atoms with Crippen molar-refractivity contribution in [3.05, 3.63) is 115 Å². The fourth-order valence-corrected chi connectivity index (χ4v) is 5.14. The lowest BCUT2D eigenvalue weighted by Crippen LogP contribution is -2.16. The van der Waals surface area contributed by atoms with Crippen molar-refractivity contribution in [1.29, 1.82) is 0 Å². The molecule has 0 spiro atoms. The quantitative estimate of drug-likeness (QED) is 0.287. The Morgan fingerprint density at radius 2 is 1.11 bits per heavy atom. The van der Waals surface area contributed by atoms with Gasteiger partial charge in [-0.05, 0) is 43.7 Å². The van der Waals surface area contributed by atoms with Crippen LogP contribution in [0, 0.1) is 0 Å². The second kappa shape index (κ2) is 7.68. The van der Waals surface area contributed by atoms with Crippen LogP contribution >= 0.6 is 0 Å². The minimum absolute atomic E-state index is 0.163. The minimum atomic E-state index is -0.163. The van der Waals surface area contributed by atoms with Crippen LogP contribution in [0.1, 0.15) is 25.2 Å². The smallest absolute Gasteiger partial charge is 0.164 e. The number of fused-ring (bicyclic) bond motifs is 5. The standard InChI is InChI=1S/C31H23N5/c1-31(2)23-15-9-10-16-25(23)36-26-18-17-22(19-24(26)32-30(31)36)29-34-27(20-11-5-3-6-12-20)33-28(35-29)21-13-7-4-8-14-21/h3-19H,1-2H3. The first-order valence-electron chi connectivity index (χ1n) is 12.1. The van der Waals surface area contributed by atoms with Gasteiger partial charge in [0.2, 0.25) is 0 Å². The van der Waals surface area contributed by atoms with E-state index < -0.39 is 0 Å². The van der Waals surface area contributed by atoms with Crippen molar-refractivity contribution in [1.82, 2.24) is 24.5 Å². The molecule has 5 heteroatoms. The lowest BCUT2D eigenvalue weighted by Gasteiger charge is -2.17. The van der Waals surface area contributed by atoms with E-state index in [1.165, 1.54) is 11.3 Å². The predicted octanol–water partition coefficient (Wildman–Crippen LogP) is 6.85. The van der Waals surface area contributed by atoms with E-state index in [2.05, 4.69) is 60.9 Å². The first-order chi connectivity index (χ1) is 17.6. The third-order valence-electron chi connectivity index (χ3n) is 6.99. The van der Waals surface area contributed by atoms with E-state index in [1.54, 1.807) is 0 Å². The van der Waals surface area contributed by atoms with Crippen molar-refractivity contribution >= 4 is 11.0 Å². The highest BCUT2D eigenvalue weighted by molar-refractivity contribution is 5.85. The molecular formula is C31H23N5. The lowest BCUT2D eigenvalue weighted by molar-refractivity contribution is 0.621. The highest BCUT2D eigenvalue weighted by atomic mass is 15.1. The molecule has 7 rings (SSSR count). The van der Waals surface area contributed by atoms with Crippen LogP contribution in [-0.2, 0) is 5.41 Å². The number of imidazole rings is 1. The lowest BCUT2D eigenvalue weighted by atomic mass is 9.86. The van der Waals surface area contributed by atoms with Crippen molar-refractivity contribution in [2.45, 2.75) is 19.3 Å². The van der Waals surface area contributed by atoms with Gasteiger partial charge in [0.05, 0.1) is 22.1 Å². The molecule has 0 fully saturated rings. The summed E-state index contributed by atoms with van der Waals surface area (Å²) in [6, 6.07) is 35.0. The van der Waals surface area contributed by atoms with Crippen molar-refractivity contribution < 1.29 is 0 Å². The number of hydrogen-bond acceptors (Lipinski definition) is 4. The van der Waals surface area contributed by atoms with Crippen LogP contribution in [-0.4, -0.2) is 24.5 Å². The third kappa shape index (κ3) is 3.09. The Kier molecular flexibility index (Phi) is 4.42. The molecule has 4 aromatic carbocycles. The average molecular weight is 466 g/mol. The number of hydrogen-bond donors (Lipinski definition) is 0. The highest BCUT2D eigenvalue weighted by Crippen LogP contribution is 2.44. The molecule has 0 saturated heterocycles. The Labute approximate surface area is 209 Å². The summed E-state index contributed by atoms with van der Waals surface area (Å²) >= 11 is 0. The maximum atomic E-state index is 5.10. The predicted molar refractivity (Wildman–Crippen MR) is 143 cm³/mol. The van der Waals surface area contributed by atoms with Gasteiger partial charge >= 0.3 is 0 Å². The van der Waals surface area contributed by atoms with Crippen LogP contribution in [0.25, 0.3) is 50.9 Å². The van der Waals surface area contributed by atoms with Crippen LogP contribution in [0.15, 0.2) is 103 Å². The average Bonchev–Trinajstić information content (AvgIpc) is 3.43. The minimum Gasteiger partial charge on any atom is -0.295 e. The number of benzene rings is 4. The van der Waals surface area contributed by atoms with E-state index in [0.29, 0.717) is 17.5 Å². The summed E-state index contributed by atoms with van der Waals surface area (Å²) in [6.07, 6.45) is 0. The van der Waals surface area contributed by atoms with E-state index in [-0.39, 0.29) is 5.41 Å². The number of aromatic nitrogens is 5. The Balaban J connectivity index is 1.42. The molecule has 0 unspecified atom stereocenters. The maximum absolute atomic E-state index is 5.10. The topological polar surface area (TPSA) is 56.5 Å². The molecule has 36 heavy (non-hydrogen) atoms. The van der Waals surface area contributed by atoms with E-state index in [1.807, 2.05) is 60.7 Å². The first kappa shape index (κ1) is 20.7. The maximum Gasteiger partial charge on any atom is 0.164 e. The first-order valence-corrected chi connectivity index (χ1v) is 12.1. The van der Waals surface area contributed by atoms with Gasteiger partial charge in [-0.1, -0.05) is 78.9 Å². The normalized spacial score (nSPS) is 13.5. The van der Waals surface area contributed by atoms with Crippen LogP contribution in [0.5, 0.6) is 0 Å². The molecule has 6 aromatic rings. The Morgan fingerprint density at radius 1 is 0.556 bits per heavy atom. The van der Waals surface area contributed by atoms with Crippen LogP contribution in [0.2, 0.25) is 0 Å². The zero-order chi connectivity index (χ0) is 24.3. The van der Waals surface area contributed by atoms with E-state index >= 15 is 0 Å². The molecule has 0 bridgehead atoms. The van der Waals surface area contributed by atoms with Gasteiger partial charge in [-0.2, -0.15) is 0 Å². The Morgan fingerprint density at radius 3 is 1.75 bits per heavy atom. The van der Waals surface area contributed by atoms with Gasteiger partial charge in [0.1, 0.15) is 5.82 Å². The summed E-state index contributed by atoms with van der Waals surface area (Å²) in [5.41, 5.74) is 7.20. The van der Waals surface area contributed by atoms with E-state index in [9.17, 15) is 0 Å². The molecule has 5 nitrogen and oxygen atoms in total. The molecular weight excluding hydrogens is 442 g/mol. The van der Waals surface area contributed by atoms with Crippen molar-refractivity contribution in [2.75, 3.05) is 0 Å². The van der Waals surface area contributed by atoms with E-state index in [4.69, 9.17) is 19.9 Å².